The maximum atomic E-state index is 12.5. The van der Waals surface area contributed by atoms with Crippen LogP contribution in [0.15, 0.2) is 35.7 Å². The van der Waals surface area contributed by atoms with Gasteiger partial charge in [0.15, 0.2) is 0 Å². The molecule has 0 bridgehead atoms. The van der Waals surface area contributed by atoms with Gasteiger partial charge in [0.05, 0.1) is 6.54 Å². The average molecular weight is 378 g/mol. The van der Waals surface area contributed by atoms with E-state index < -0.39 is 10.0 Å². The number of carbonyl (C=O) groups is 1. The Kier molecular flexibility index (Phi) is 6.45. The van der Waals surface area contributed by atoms with Crippen molar-refractivity contribution < 1.29 is 13.2 Å². The van der Waals surface area contributed by atoms with E-state index in [4.69, 9.17) is 0 Å². The van der Waals surface area contributed by atoms with Crippen molar-refractivity contribution in [1.29, 1.82) is 0 Å². The first kappa shape index (κ1) is 19.1. The fourth-order valence-corrected chi connectivity index (χ4v) is 4.59. The van der Waals surface area contributed by atoms with Crippen molar-refractivity contribution >= 4 is 22.0 Å². The van der Waals surface area contributed by atoms with Crippen LogP contribution in [-0.2, 0) is 14.8 Å². The molecule has 0 saturated carbocycles. The second-order valence-corrected chi connectivity index (χ2v) is 8.69. The van der Waals surface area contributed by atoms with Crippen molar-refractivity contribution in [2.24, 2.45) is 0 Å². The molecule has 2 heterocycles. The van der Waals surface area contributed by atoms with E-state index in [1.807, 2.05) is 30.3 Å². The Morgan fingerprint density at radius 2 is 1.58 bits per heavy atom. The van der Waals surface area contributed by atoms with Crippen molar-refractivity contribution in [2.45, 2.75) is 19.3 Å². The van der Waals surface area contributed by atoms with Crippen molar-refractivity contribution in [1.82, 2.24) is 14.1 Å². The Bertz CT molecular complexity index is 720. The van der Waals surface area contributed by atoms with Crippen LogP contribution in [0.1, 0.15) is 24.8 Å². The Balaban J connectivity index is 1.50. The molecule has 2 fully saturated rings. The second kappa shape index (κ2) is 8.79. The molecular weight excluding hydrogens is 350 g/mol. The summed E-state index contributed by atoms with van der Waals surface area (Å²) in [6.45, 7) is 4.08. The van der Waals surface area contributed by atoms with Crippen LogP contribution in [0, 0.1) is 0 Å². The monoisotopic (exact) mass is 377 g/mol. The number of benzene rings is 1. The highest BCUT2D eigenvalue weighted by molar-refractivity contribution is 7.92. The summed E-state index contributed by atoms with van der Waals surface area (Å²) < 4.78 is 26.4. The second-order valence-electron chi connectivity index (χ2n) is 6.88. The molecule has 26 heavy (non-hydrogen) atoms. The average Bonchev–Trinajstić information content (AvgIpc) is 2.68. The van der Waals surface area contributed by atoms with E-state index in [2.05, 4.69) is 4.90 Å². The molecule has 7 heteroatoms. The standard InChI is InChI=1S/C19H27N3O3S/c23-19(17-20-10-5-2-6-11-20)21-12-14-22(15-13-21)26(24,25)16-9-18-7-3-1-4-8-18/h1,3-4,7-9,16H,2,5-6,10-15,17H2. The molecule has 2 aliphatic rings. The van der Waals surface area contributed by atoms with E-state index >= 15 is 0 Å². The zero-order valence-electron chi connectivity index (χ0n) is 15.1. The van der Waals surface area contributed by atoms with Crippen LogP contribution >= 0.6 is 0 Å². The summed E-state index contributed by atoms with van der Waals surface area (Å²) in [5.74, 6) is 0.115. The highest BCUT2D eigenvalue weighted by atomic mass is 32.2. The van der Waals surface area contributed by atoms with Crippen LogP contribution < -0.4 is 0 Å². The SMILES string of the molecule is O=C(CN1CCCCC1)N1CCN(S(=O)(=O)C=Cc2ccccc2)CC1. The predicted octanol–water partition coefficient (Wildman–Crippen LogP) is 1.62. The maximum absolute atomic E-state index is 12.5. The zero-order chi connectivity index (χ0) is 18.4. The van der Waals surface area contributed by atoms with Gasteiger partial charge in [-0.1, -0.05) is 36.8 Å². The molecule has 1 aromatic carbocycles. The summed E-state index contributed by atoms with van der Waals surface area (Å²) in [5.41, 5.74) is 0.853. The van der Waals surface area contributed by atoms with E-state index in [9.17, 15) is 13.2 Å². The molecule has 0 aliphatic carbocycles. The van der Waals surface area contributed by atoms with Crippen molar-refractivity contribution in [3.63, 3.8) is 0 Å². The summed E-state index contributed by atoms with van der Waals surface area (Å²) in [5, 5.41) is 1.26. The molecule has 0 spiro atoms. The number of nitrogens with zero attached hydrogens (tertiary/aromatic N) is 3. The summed E-state index contributed by atoms with van der Waals surface area (Å²) in [7, 11) is -3.45. The Morgan fingerprint density at radius 3 is 2.23 bits per heavy atom. The predicted molar refractivity (Wildman–Crippen MR) is 103 cm³/mol. The summed E-state index contributed by atoms with van der Waals surface area (Å²) >= 11 is 0. The van der Waals surface area contributed by atoms with E-state index in [-0.39, 0.29) is 5.91 Å². The number of piperidine rings is 1. The van der Waals surface area contributed by atoms with E-state index in [1.54, 1.807) is 11.0 Å². The van der Waals surface area contributed by atoms with Gasteiger partial charge in [0, 0.05) is 31.6 Å². The molecular formula is C19H27N3O3S. The lowest BCUT2D eigenvalue weighted by atomic mass is 10.1. The number of hydrogen-bond acceptors (Lipinski definition) is 4. The third kappa shape index (κ3) is 5.16. The molecule has 2 saturated heterocycles. The topological polar surface area (TPSA) is 60.9 Å². The van der Waals surface area contributed by atoms with E-state index in [1.165, 1.54) is 16.1 Å². The molecule has 0 N–H and O–H groups in total. The van der Waals surface area contributed by atoms with Crippen LogP contribution in [-0.4, -0.2) is 74.2 Å². The van der Waals surface area contributed by atoms with Crippen molar-refractivity contribution in [3.05, 3.63) is 41.3 Å². The normalized spacial score (nSPS) is 20.5. The van der Waals surface area contributed by atoms with Gasteiger partial charge in [0.1, 0.15) is 0 Å². The van der Waals surface area contributed by atoms with Gasteiger partial charge in [-0.3, -0.25) is 9.69 Å². The number of sulfonamides is 1. The van der Waals surface area contributed by atoms with Gasteiger partial charge in [-0.15, -0.1) is 0 Å². The minimum atomic E-state index is -3.45. The molecule has 6 nitrogen and oxygen atoms in total. The largest absolute Gasteiger partial charge is 0.339 e. The van der Waals surface area contributed by atoms with E-state index in [0.717, 1.165) is 31.5 Å². The zero-order valence-corrected chi connectivity index (χ0v) is 15.9. The van der Waals surface area contributed by atoms with Crippen molar-refractivity contribution in [3.8, 4) is 0 Å². The summed E-state index contributed by atoms with van der Waals surface area (Å²) in [4.78, 5) is 16.4. The van der Waals surface area contributed by atoms with Gasteiger partial charge in [-0.2, -0.15) is 4.31 Å². The van der Waals surface area contributed by atoms with Crippen LogP contribution in [0.25, 0.3) is 6.08 Å². The minimum Gasteiger partial charge on any atom is -0.339 e. The Morgan fingerprint density at radius 1 is 0.923 bits per heavy atom. The first-order chi connectivity index (χ1) is 12.5. The lowest BCUT2D eigenvalue weighted by molar-refractivity contribution is -0.133. The number of hydrogen-bond donors (Lipinski definition) is 0. The molecule has 0 unspecified atom stereocenters. The molecule has 142 valence electrons. The fraction of sp³-hybridized carbons (Fsp3) is 0.526. The minimum absolute atomic E-state index is 0.115. The smallest absolute Gasteiger partial charge is 0.236 e. The van der Waals surface area contributed by atoms with Gasteiger partial charge in [0.2, 0.25) is 15.9 Å². The first-order valence-corrected chi connectivity index (χ1v) is 10.8. The number of likely N-dealkylation sites (tertiary alicyclic amines) is 1. The van der Waals surface area contributed by atoms with Gasteiger partial charge in [-0.25, -0.2) is 8.42 Å². The van der Waals surface area contributed by atoms with Gasteiger partial charge >= 0.3 is 0 Å². The van der Waals surface area contributed by atoms with Gasteiger partial charge in [0.25, 0.3) is 0 Å². The van der Waals surface area contributed by atoms with Gasteiger partial charge < -0.3 is 4.90 Å². The molecule has 0 radical (unpaired) electrons. The lowest BCUT2D eigenvalue weighted by Gasteiger charge is -2.35. The molecule has 0 atom stereocenters. The highest BCUT2D eigenvalue weighted by Crippen LogP contribution is 2.13. The highest BCUT2D eigenvalue weighted by Gasteiger charge is 2.28. The Hall–Kier alpha value is -1.70. The van der Waals surface area contributed by atoms with Crippen molar-refractivity contribution in [2.75, 3.05) is 45.8 Å². The summed E-state index contributed by atoms with van der Waals surface area (Å²) in [6.07, 6.45) is 5.18. The fourth-order valence-electron chi connectivity index (χ4n) is 3.42. The molecule has 3 rings (SSSR count). The van der Waals surface area contributed by atoms with Crippen LogP contribution in [0.3, 0.4) is 0 Å². The number of amides is 1. The third-order valence-corrected chi connectivity index (χ3v) is 6.56. The maximum Gasteiger partial charge on any atom is 0.236 e. The lowest BCUT2D eigenvalue weighted by Crippen LogP contribution is -2.52. The number of piperazine rings is 1. The molecule has 1 amide bonds. The van der Waals surface area contributed by atoms with E-state index in [0.29, 0.717) is 32.7 Å². The van der Waals surface area contributed by atoms with Crippen LogP contribution in [0.4, 0.5) is 0 Å². The number of carbonyl (C=O) groups excluding carboxylic acids is 1. The molecule has 1 aromatic rings. The van der Waals surface area contributed by atoms with Crippen LogP contribution in [0.2, 0.25) is 0 Å². The summed E-state index contributed by atoms with van der Waals surface area (Å²) in [6, 6.07) is 9.37. The molecule has 2 aliphatic heterocycles. The number of rotatable bonds is 5. The van der Waals surface area contributed by atoms with Gasteiger partial charge in [-0.05, 0) is 37.6 Å². The van der Waals surface area contributed by atoms with Crippen LogP contribution in [0.5, 0.6) is 0 Å². The molecule has 0 aromatic heterocycles. The Labute approximate surface area is 156 Å². The first-order valence-electron chi connectivity index (χ1n) is 9.28. The third-order valence-electron chi connectivity index (χ3n) is 4.99. The quantitative estimate of drug-likeness (QED) is 0.782.